The van der Waals surface area contributed by atoms with Gasteiger partial charge >= 0.3 is 0 Å². The van der Waals surface area contributed by atoms with Gasteiger partial charge < -0.3 is 9.84 Å². The first-order valence-electron chi connectivity index (χ1n) is 9.25. The summed E-state index contributed by atoms with van der Waals surface area (Å²) in [5.41, 5.74) is 1.83. The van der Waals surface area contributed by atoms with Gasteiger partial charge in [0.05, 0.1) is 23.7 Å². The number of benzene rings is 3. The molecule has 0 unspecified atom stereocenters. The fourth-order valence-corrected chi connectivity index (χ4v) is 3.01. The summed E-state index contributed by atoms with van der Waals surface area (Å²) >= 11 is 0. The van der Waals surface area contributed by atoms with Gasteiger partial charge in [0, 0.05) is 5.56 Å². The lowest BCUT2D eigenvalue weighted by Crippen LogP contribution is -2.20. The smallest absolute Gasteiger partial charge is 0.282 e. The molecule has 0 amide bonds. The number of aromatic hydroxyl groups is 1. The van der Waals surface area contributed by atoms with Gasteiger partial charge in [-0.3, -0.25) is 4.79 Å². The van der Waals surface area contributed by atoms with Crippen LogP contribution in [-0.2, 0) is 0 Å². The lowest BCUT2D eigenvalue weighted by Gasteiger charge is -2.09. The predicted octanol–water partition coefficient (Wildman–Crippen LogP) is 4.05. The third kappa shape index (κ3) is 3.73. The van der Waals surface area contributed by atoms with Crippen molar-refractivity contribution in [1.82, 2.24) is 9.66 Å². The average molecular weight is 385 g/mol. The summed E-state index contributed by atoms with van der Waals surface area (Å²) in [6.07, 6.45) is 1.55. The molecule has 4 rings (SSSR count). The number of rotatable bonds is 5. The van der Waals surface area contributed by atoms with E-state index in [1.54, 1.807) is 30.5 Å². The fraction of sp³-hybridized carbons (Fsp3) is 0.0870. The van der Waals surface area contributed by atoms with E-state index in [1.807, 2.05) is 49.4 Å². The molecule has 6 nitrogen and oxygen atoms in total. The van der Waals surface area contributed by atoms with E-state index < -0.39 is 0 Å². The number of aromatic nitrogens is 2. The Kier molecular flexibility index (Phi) is 5.07. The van der Waals surface area contributed by atoms with Crippen molar-refractivity contribution in [3.8, 4) is 22.9 Å². The largest absolute Gasteiger partial charge is 0.504 e. The van der Waals surface area contributed by atoms with Crippen LogP contribution >= 0.6 is 0 Å². The van der Waals surface area contributed by atoms with Gasteiger partial charge in [-0.2, -0.15) is 9.78 Å². The zero-order valence-electron chi connectivity index (χ0n) is 15.8. The Morgan fingerprint density at radius 3 is 2.62 bits per heavy atom. The van der Waals surface area contributed by atoms with E-state index in [0.717, 1.165) is 5.56 Å². The minimum absolute atomic E-state index is 0.0542. The number of phenols is 1. The zero-order chi connectivity index (χ0) is 20.2. The van der Waals surface area contributed by atoms with Crippen LogP contribution in [0.1, 0.15) is 12.5 Å². The number of nitrogens with zero attached hydrogens (tertiary/aromatic N) is 3. The van der Waals surface area contributed by atoms with Gasteiger partial charge in [0.2, 0.25) is 0 Å². The van der Waals surface area contributed by atoms with E-state index >= 15 is 0 Å². The van der Waals surface area contributed by atoms with Gasteiger partial charge in [0.15, 0.2) is 17.3 Å². The van der Waals surface area contributed by atoms with Crippen LogP contribution in [0.4, 0.5) is 0 Å². The summed E-state index contributed by atoms with van der Waals surface area (Å²) in [5, 5.41) is 14.8. The summed E-state index contributed by atoms with van der Waals surface area (Å²) in [6, 6.07) is 21.6. The van der Waals surface area contributed by atoms with Crippen LogP contribution in [0.5, 0.6) is 11.5 Å². The second-order valence-corrected chi connectivity index (χ2v) is 6.34. The van der Waals surface area contributed by atoms with Crippen molar-refractivity contribution in [3.63, 3.8) is 0 Å². The van der Waals surface area contributed by atoms with Crippen molar-refractivity contribution in [2.75, 3.05) is 6.61 Å². The van der Waals surface area contributed by atoms with Crippen LogP contribution in [0.3, 0.4) is 0 Å². The van der Waals surface area contributed by atoms with Crippen molar-refractivity contribution in [2.45, 2.75) is 6.92 Å². The molecule has 0 saturated carbocycles. The van der Waals surface area contributed by atoms with Gasteiger partial charge in [-0.25, -0.2) is 4.98 Å². The van der Waals surface area contributed by atoms with Crippen molar-refractivity contribution < 1.29 is 9.84 Å². The standard InChI is InChI=1S/C23H19N3O3/c1-2-29-21-14-16(12-13-20(21)27)15-24-26-22(17-8-4-3-5-9-17)25-19-11-7-6-10-18(19)23(26)28/h3-15,27H,2H2,1H3/b24-15-. The number of ether oxygens (including phenoxy) is 1. The first-order valence-corrected chi connectivity index (χ1v) is 9.25. The average Bonchev–Trinajstić information content (AvgIpc) is 2.76. The molecule has 4 aromatic rings. The van der Waals surface area contributed by atoms with Crippen LogP contribution in [0.2, 0.25) is 0 Å². The number of phenolic OH excluding ortho intramolecular Hbond substituents is 1. The second kappa shape index (κ2) is 7.98. The summed E-state index contributed by atoms with van der Waals surface area (Å²) in [6.45, 7) is 2.27. The van der Waals surface area contributed by atoms with Crippen molar-refractivity contribution in [2.24, 2.45) is 5.10 Å². The highest BCUT2D eigenvalue weighted by molar-refractivity contribution is 5.82. The maximum atomic E-state index is 13.1. The van der Waals surface area contributed by atoms with Crippen LogP contribution in [0.25, 0.3) is 22.3 Å². The summed E-state index contributed by atoms with van der Waals surface area (Å²) < 4.78 is 6.71. The normalized spacial score (nSPS) is 11.2. The van der Waals surface area contributed by atoms with Crippen molar-refractivity contribution in [1.29, 1.82) is 0 Å². The Bertz CT molecular complexity index is 1250. The number of hydrogen-bond donors (Lipinski definition) is 1. The van der Waals surface area contributed by atoms with Gasteiger partial charge in [0.25, 0.3) is 5.56 Å². The van der Waals surface area contributed by atoms with E-state index in [2.05, 4.69) is 10.1 Å². The highest BCUT2D eigenvalue weighted by Crippen LogP contribution is 2.26. The fourth-order valence-electron chi connectivity index (χ4n) is 3.01. The highest BCUT2D eigenvalue weighted by Gasteiger charge is 2.12. The monoisotopic (exact) mass is 385 g/mol. The van der Waals surface area contributed by atoms with E-state index in [4.69, 9.17) is 4.74 Å². The molecule has 0 fully saturated rings. The van der Waals surface area contributed by atoms with Crippen LogP contribution in [-0.4, -0.2) is 27.6 Å². The van der Waals surface area contributed by atoms with Crippen LogP contribution < -0.4 is 10.3 Å². The minimum atomic E-state index is -0.255. The Morgan fingerprint density at radius 2 is 1.83 bits per heavy atom. The van der Waals surface area contributed by atoms with Gasteiger partial charge in [-0.1, -0.05) is 42.5 Å². The molecule has 0 spiro atoms. The maximum Gasteiger partial charge on any atom is 0.282 e. The van der Waals surface area contributed by atoms with E-state index in [1.165, 1.54) is 10.7 Å². The summed E-state index contributed by atoms with van der Waals surface area (Å²) in [7, 11) is 0. The van der Waals surface area contributed by atoms with Gasteiger partial charge in [-0.05, 0) is 42.8 Å². The highest BCUT2D eigenvalue weighted by atomic mass is 16.5. The first-order chi connectivity index (χ1) is 14.2. The number of fused-ring (bicyclic) bond motifs is 1. The number of hydrogen-bond acceptors (Lipinski definition) is 5. The van der Waals surface area contributed by atoms with Crippen LogP contribution in [0.15, 0.2) is 82.7 Å². The molecule has 29 heavy (non-hydrogen) atoms. The van der Waals surface area contributed by atoms with E-state index in [-0.39, 0.29) is 11.3 Å². The second-order valence-electron chi connectivity index (χ2n) is 6.34. The molecule has 0 aliphatic heterocycles. The third-order valence-corrected chi connectivity index (χ3v) is 4.39. The summed E-state index contributed by atoms with van der Waals surface area (Å²) in [4.78, 5) is 17.8. The molecular weight excluding hydrogens is 366 g/mol. The van der Waals surface area contributed by atoms with Crippen molar-refractivity contribution >= 4 is 17.1 Å². The molecule has 3 aromatic carbocycles. The molecule has 6 heteroatoms. The number of para-hydroxylation sites is 1. The topological polar surface area (TPSA) is 76.7 Å². The van der Waals surface area contributed by atoms with Crippen molar-refractivity contribution in [3.05, 3.63) is 88.7 Å². The van der Waals surface area contributed by atoms with Crippen LogP contribution in [0, 0.1) is 0 Å². The lowest BCUT2D eigenvalue weighted by molar-refractivity contribution is 0.318. The first kappa shape index (κ1) is 18.4. The quantitative estimate of drug-likeness (QED) is 0.526. The Balaban J connectivity index is 1.86. The molecule has 0 radical (unpaired) electrons. The predicted molar refractivity (Wildman–Crippen MR) is 114 cm³/mol. The Morgan fingerprint density at radius 1 is 1.07 bits per heavy atom. The lowest BCUT2D eigenvalue weighted by atomic mass is 10.2. The Labute approximate surface area is 167 Å². The molecule has 0 atom stereocenters. The Hall–Kier alpha value is -3.93. The molecule has 1 heterocycles. The minimum Gasteiger partial charge on any atom is -0.504 e. The molecule has 144 valence electrons. The maximum absolute atomic E-state index is 13.1. The van der Waals surface area contributed by atoms with E-state index in [0.29, 0.717) is 34.6 Å². The molecule has 0 aliphatic carbocycles. The SMILES string of the molecule is CCOc1cc(/C=N\n2c(-c3ccccc3)nc3ccccc3c2=O)ccc1O. The molecule has 0 bridgehead atoms. The summed E-state index contributed by atoms with van der Waals surface area (Å²) in [5.74, 6) is 0.872. The molecular formula is C23H19N3O3. The van der Waals surface area contributed by atoms with Gasteiger partial charge in [-0.15, -0.1) is 0 Å². The molecule has 1 N–H and O–H groups in total. The zero-order valence-corrected chi connectivity index (χ0v) is 15.8. The molecule has 1 aromatic heterocycles. The van der Waals surface area contributed by atoms with Gasteiger partial charge in [0.1, 0.15) is 0 Å². The molecule has 0 saturated heterocycles. The third-order valence-electron chi connectivity index (χ3n) is 4.39. The van der Waals surface area contributed by atoms with E-state index in [9.17, 15) is 9.90 Å². The molecule has 0 aliphatic rings.